The number of hydrogen-bond donors (Lipinski definition) is 0. The lowest BCUT2D eigenvalue weighted by Crippen LogP contribution is -2.29. The number of hydrogen-bond acceptors (Lipinski definition) is 3. The summed E-state index contributed by atoms with van der Waals surface area (Å²) in [7, 11) is 4.07. The molecule has 0 bridgehead atoms. The van der Waals surface area contributed by atoms with E-state index in [0.717, 1.165) is 34.3 Å². The van der Waals surface area contributed by atoms with Gasteiger partial charge in [0.05, 0.1) is 17.1 Å². The second kappa shape index (κ2) is 6.74. The zero-order chi connectivity index (χ0) is 20.9. The number of aromatic nitrogens is 1. The quantitative estimate of drug-likeness (QED) is 0.340. The van der Waals surface area contributed by atoms with Crippen LogP contribution < -0.4 is 14.2 Å². The van der Waals surface area contributed by atoms with Crippen LogP contribution in [0.5, 0.6) is 5.75 Å². The Morgan fingerprint density at radius 1 is 0.839 bits per heavy atom. The Hall–Kier alpha value is -4.05. The number of ether oxygens (including phenoxy) is 1. The third kappa shape index (κ3) is 2.72. The monoisotopic (exact) mass is 405 g/mol. The molecule has 0 saturated heterocycles. The Morgan fingerprint density at radius 2 is 1.55 bits per heavy atom. The van der Waals surface area contributed by atoms with E-state index in [0.29, 0.717) is 0 Å². The summed E-state index contributed by atoms with van der Waals surface area (Å²) in [6, 6.07) is 25.0. The molecule has 31 heavy (non-hydrogen) atoms. The zero-order valence-electron chi connectivity index (χ0n) is 17.4. The van der Waals surface area contributed by atoms with E-state index in [9.17, 15) is 0 Å². The highest BCUT2D eigenvalue weighted by molar-refractivity contribution is 6.01. The van der Waals surface area contributed by atoms with Gasteiger partial charge in [0.25, 0.3) is 5.52 Å². The first-order valence-corrected chi connectivity index (χ1v) is 10.3. The molecule has 4 aromatic carbocycles. The average Bonchev–Trinajstić information content (AvgIpc) is 3.31. The van der Waals surface area contributed by atoms with Crippen LogP contribution in [0.15, 0.2) is 95.2 Å². The molecule has 0 amide bonds. The van der Waals surface area contributed by atoms with Crippen molar-refractivity contribution >= 4 is 44.4 Å². The smallest absolute Gasteiger partial charge is 0.373 e. The number of nitrogens with zero attached hydrogens (tertiary/aromatic N) is 2. The lowest BCUT2D eigenvalue weighted by molar-refractivity contribution is -0.651. The Kier molecular flexibility index (Phi) is 3.87. The SMILES string of the molecule is CN1C(=CC=Cc2oc3ccc4ccccc4c3[n+]2C)Oc2ccc3ccccc3c21. The zero-order valence-corrected chi connectivity index (χ0v) is 17.4. The molecule has 0 saturated carbocycles. The molecule has 0 unspecified atom stereocenters. The predicted octanol–water partition coefficient (Wildman–Crippen LogP) is 5.95. The first kappa shape index (κ1) is 17.8. The molecule has 1 aliphatic rings. The minimum absolute atomic E-state index is 0.784. The van der Waals surface area contributed by atoms with Gasteiger partial charge in [0.2, 0.25) is 5.58 Å². The van der Waals surface area contributed by atoms with Crippen LogP contribution in [0.3, 0.4) is 0 Å². The minimum atomic E-state index is 0.784. The van der Waals surface area contributed by atoms with Crippen molar-refractivity contribution in [2.75, 3.05) is 11.9 Å². The van der Waals surface area contributed by atoms with Crippen molar-refractivity contribution in [2.45, 2.75) is 0 Å². The summed E-state index contributed by atoms with van der Waals surface area (Å²) in [4.78, 5) is 2.09. The topological polar surface area (TPSA) is 29.5 Å². The Balaban J connectivity index is 1.36. The van der Waals surface area contributed by atoms with Crippen LogP contribution in [0.25, 0.3) is 38.7 Å². The first-order valence-electron chi connectivity index (χ1n) is 10.3. The van der Waals surface area contributed by atoms with E-state index < -0.39 is 0 Å². The Bertz CT molecular complexity index is 1540. The van der Waals surface area contributed by atoms with Gasteiger partial charge in [0, 0.05) is 12.4 Å². The summed E-state index contributed by atoms with van der Waals surface area (Å²) >= 11 is 0. The van der Waals surface area contributed by atoms with Gasteiger partial charge in [-0.1, -0.05) is 54.6 Å². The maximum Gasteiger partial charge on any atom is 0.373 e. The highest BCUT2D eigenvalue weighted by Gasteiger charge is 2.25. The predicted molar refractivity (Wildman–Crippen MR) is 125 cm³/mol. The van der Waals surface area contributed by atoms with Gasteiger partial charge in [-0.3, -0.25) is 0 Å². The maximum absolute atomic E-state index is 6.11. The van der Waals surface area contributed by atoms with E-state index in [1.54, 1.807) is 0 Å². The highest BCUT2D eigenvalue weighted by Crippen LogP contribution is 2.43. The van der Waals surface area contributed by atoms with Gasteiger partial charge in [-0.2, -0.15) is 4.57 Å². The molecular formula is C27H21N2O2+. The van der Waals surface area contributed by atoms with Crippen molar-refractivity contribution < 1.29 is 13.7 Å². The normalized spacial score (nSPS) is 14.9. The van der Waals surface area contributed by atoms with Crippen LogP contribution in [-0.4, -0.2) is 7.05 Å². The Labute approximate surface area is 179 Å². The molecule has 0 radical (unpaired) electrons. The van der Waals surface area contributed by atoms with Gasteiger partial charge >= 0.3 is 5.89 Å². The molecule has 4 nitrogen and oxygen atoms in total. The van der Waals surface area contributed by atoms with Crippen molar-refractivity contribution in [1.82, 2.24) is 0 Å². The fourth-order valence-corrected chi connectivity index (χ4v) is 4.41. The van der Waals surface area contributed by atoms with E-state index in [1.807, 2.05) is 44.5 Å². The van der Waals surface area contributed by atoms with Crippen molar-refractivity contribution in [2.24, 2.45) is 7.05 Å². The van der Waals surface area contributed by atoms with Crippen molar-refractivity contribution in [1.29, 1.82) is 0 Å². The number of oxazole rings is 1. The van der Waals surface area contributed by atoms with Gasteiger partial charge in [-0.05, 0) is 41.1 Å². The second-order valence-electron chi connectivity index (χ2n) is 7.79. The fourth-order valence-electron chi connectivity index (χ4n) is 4.41. The number of rotatable bonds is 2. The van der Waals surface area contributed by atoms with Crippen molar-refractivity contribution in [3.8, 4) is 5.75 Å². The summed E-state index contributed by atoms with van der Waals surface area (Å²) in [5, 5.41) is 4.78. The molecule has 0 spiro atoms. The van der Waals surface area contributed by atoms with Crippen molar-refractivity contribution in [3.63, 3.8) is 0 Å². The van der Waals surface area contributed by atoms with Gasteiger partial charge in [-0.15, -0.1) is 0 Å². The number of anilines is 1. The van der Waals surface area contributed by atoms with E-state index in [-0.39, 0.29) is 0 Å². The summed E-state index contributed by atoms with van der Waals surface area (Å²) in [6.07, 6.45) is 5.92. The largest absolute Gasteiger partial charge is 0.439 e. The number of fused-ring (bicyclic) bond motifs is 6. The van der Waals surface area contributed by atoms with Crippen LogP contribution in [-0.2, 0) is 7.05 Å². The molecule has 0 N–H and O–H groups in total. The third-order valence-electron chi connectivity index (χ3n) is 5.97. The molecule has 1 aliphatic heterocycles. The van der Waals surface area contributed by atoms with Gasteiger partial charge in [0.15, 0.2) is 11.6 Å². The standard InChI is InChI=1S/C27H21N2O2/c1-28-24(30-22-16-14-18-8-3-5-10-20(18)26(22)28)12-7-13-25-29(2)27-21-11-6-4-9-19(21)15-17-23(27)31-25/h3-17H,1-2H3/q+1. The van der Waals surface area contributed by atoms with E-state index in [2.05, 4.69) is 70.1 Å². The molecule has 5 aromatic rings. The molecule has 0 fully saturated rings. The van der Waals surface area contributed by atoms with Crippen molar-refractivity contribution in [3.05, 3.63) is 96.7 Å². The van der Waals surface area contributed by atoms with E-state index >= 15 is 0 Å². The lowest BCUT2D eigenvalue weighted by atomic mass is 10.1. The molecule has 0 atom stereocenters. The average molecular weight is 405 g/mol. The summed E-state index contributed by atoms with van der Waals surface area (Å²) in [5.74, 6) is 2.44. The second-order valence-corrected chi connectivity index (χ2v) is 7.79. The molecule has 1 aromatic heterocycles. The number of aryl methyl sites for hydroxylation is 1. The first-order chi connectivity index (χ1) is 15.2. The van der Waals surface area contributed by atoms with Gasteiger partial charge < -0.3 is 14.1 Å². The number of allylic oxidation sites excluding steroid dienone is 2. The van der Waals surface area contributed by atoms with E-state index in [1.165, 1.54) is 21.5 Å². The van der Waals surface area contributed by atoms with Crippen LogP contribution >= 0.6 is 0 Å². The van der Waals surface area contributed by atoms with Crippen LogP contribution in [0.2, 0.25) is 0 Å². The van der Waals surface area contributed by atoms with E-state index in [4.69, 9.17) is 9.15 Å². The van der Waals surface area contributed by atoms with Gasteiger partial charge in [0.1, 0.15) is 7.05 Å². The fraction of sp³-hybridized carbons (Fsp3) is 0.0741. The van der Waals surface area contributed by atoms with Crippen LogP contribution in [0.1, 0.15) is 5.89 Å². The van der Waals surface area contributed by atoms with Gasteiger partial charge in [-0.25, -0.2) is 0 Å². The molecular weight excluding hydrogens is 384 g/mol. The molecule has 2 heterocycles. The van der Waals surface area contributed by atoms with Crippen LogP contribution in [0, 0.1) is 0 Å². The molecule has 150 valence electrons. The maximum atomic E-state index is 6.11. The molecule has 6 rings (SSSR count). The third-order valence-corrected chi connectivity index (χ3v) is 5.97. The summed E-state index contributed by atoms with van der Waals surface area (Å²) < 4.78 is 14.3. The lowest BCUT2D eigenvalue weighted by Gasteiger charge is -2.12. The Morgan fingerprint density at radius 3 is 2.39 bits per heavy atom. The molecule has 4 heteroatoms. The molecule has 0 aliphatic carbocycles. The summed E-state index contributed by atoms with van der Waals surface area (Å²) in [6.45, 7) is 0. The summed E-state index contributed by atoms with van der Waals surface area (Å²) in [5.41, 5.74) is 3.07. The number of benzene rings is 4. The minimum Gasteiger partial charge on any atom is -0.439 e. The highest BCUT2D eigenvalue weighted by atomic mass is 16.5. The van der Waals surface area contributed by atoms with Crippen LogP contribution in [0.4, 0.5) is 5.69 Å².